The van der Waals surface area contributed by atoms with Gasteiger partial charge in [-0.1, -0.05) is 33.6 Å². The summed E-state index contributed by atoms with van der Waals surface area (Å²) in [5, 5.41) is 3.98. The molecular formula is C16H16BrClFNS. The molecule has 0 aliphatic carbocycles. The maximum Gasteiger partial charge on any atom is 0.126 e. The van der Waals surface area contributed by atoms with E-state index in [9.17, 15) is 4.39 Å². The minimum atomic E-state index is -0.161. The third kappa shape index (κ3) is 5.29. The zero-order valence-corrected chi connectivity index (χ0v) is 14.7. The van der Waals surface area contributed by atoms with Crippen LogP contribution in [0.25, 0.3) is 0 Å². The van der Waals surface area contributed by atoms with Crippen LogP contribution in [-0.4, -0.2) is 18.8 Å². The molecule has 112 valence electrons. The Balaban J connectivity index is 1.98. The van der Waals surface area contributed by atoms with Gasteiger partial charge < -0.3 is 5.32 Å². The third-order valence-corrected chi connectivity index (χ3v) is 5.01. The van der Waals surface area contributed by atoms with Gasteiger partial charge in [-0.05, 0) is 55.4 Å². The average Bonchev–Trinajstić information content (AvgIpc) is 2.47. The number of thioether (sulfide) groups is 1. The Labute approximate surface area is 142 Å². The molecule has 0 bridgehead atoms. The number of benzene rings is 2. The molecule has 0 aliphatic heterocycles. The van der Waals surface area contributed by atoms with Crippen LogP contribution in [0.2, 0.25) is 5.02 Å². The molecule has 2 rings (SSSR count). The van der Waals surface area contributed by atoms with Crippen molar-refractivity contribution in [3.8, 4) is 0 Å². The molecule has 0 heterocycles. The van der Waals surface area contributed by atoms with E-state index in [1.165, 1.54) is 6.07 Å². The van der Waals surface area contributed by atoms with E-state index in [4.69, 9.17) is 11.6 Å². The minimum absolute atomic E-state index is 0.161. The number of likely N-dealkylation sites (N-methyl/N-ethyl adjacent to an activating group) is 1. The molecule has 1 atom stereocenters. The van der Waals surface area contributed by atoms with Gasteiger partial charge in [0.1, 0.15) is 5.82 Å². The summed E-state index contributed by atoms with van der Waals surface area (Å²) in [7, 11) is 1.90. The lowest BCUT2D eigenvalue weighted by Crippen LogP contribution is -2.30. The van der Waals surface area contributed by atoms with E-state index in [0.717, 1.165) is 25.7 Å². The highest BCUT2D eigenvalue weighted by Crippen LogP contribution is 2.24. The van der Waals surface area contributed by atoms with Gasteiger partial charge in [-0.3, -0.25) is 0 Å². The first kappa shape index (κ1) is 16.8. The van der Waals surface area contributed by atoms with Gasteiger partial charge in [-0.25, -0.2) is 4.39 Å². The topological polar surface area (TPSA) is 12.0 Å². The van der Waals surface area contributed by atoms with Crippen LogP contribution in [0, 0.1) is 5.82 Å². The summed E-state index contributed by atoms with van der Waals surface area (Å²) in [5.41, 5.74) is 0.718. The quantitative estimate of drug-likeness (QED) is 0.686. The number of nitrogens with one attached hydrogen (secondary N) is 1. The fraction of sp³-hybridized carbons (Fsp3) is 0.250. The van der Waals surface area contributed by atoms with Crippen molar-refractivity contribution in [1.82, 2.24) is 5.32 Å². The van der Waals surface area contributed by atoms with E-state index in [2.05, 4.69) is 21.2 Å². The standard InChI is InChI=1S/C16H16BrClFNS/c1-20-14(8-11-7-12(17)5-6-16(11)19)10-21-15-4-2-3-13(18)9-15/h2-7,9,14,20H,8,10H2,1H3. The largest absolute Gasteiger partial charge is 0.316 e. The molecule has 0 amide bonds. The molecule has 0 fully saturated rings. The van der Waals surface area contributed by atoms with E-state index < -0.39 is 0 Å². The van der Waals surface area contributed by atoms with Crippen molar-refractivity contribution in [2.75, 3.05) is 12.8 Å². The lowest BCUT2D eigenvalue weighted by atomic mass is 10.1. The van der Waals surface area contributed by atoms with Crippen LogP contribution in [0.3, 0.4) is 0 Å². The summed E-state index contributed by atoms with van der Waals surface area (Å²) < 4.78 is 14.7. The molecule has 0 radical (unpaired) electrons. The number of hydrogen-bond acceptors (Lipinski definition) is 2. The lowest BCUT2D eigenvalue weighted by molar-refractivity contribution is 0.568. The van der Waals surface area contributed by atoms with Gasteiger partial charge in [0.15, 0.2) is 0 Å². The van der Waals surface area contributed by atoms with Crippen LogP contribution in [0.15, 0.2) is 51.8 Å². The molecule has 1 nitrogen and oxygen atoms in total. The van der Waals surface area contributed by atoms with Gasteiger partial charge in [-0.15, -0.1) is 11.8 Å². The Hall–Kier alpha value is -0.550. The van der Waals surface area contributed by atoms with Gasteiger partial charge in [0.25, 0.3) is 0 Å². The normalized spacial score (nSPS) is 12.4. The zero-order chi connectivity index (χ0) is 15.2. The van der Waals surface area contributed by atoms with Gasteiger partial charge in [0.05, 0.1) is 0 Å². The molecule has 0 saturated carbocycles. The van der Waals surface area contributed by atoms with Crippen molar-refractivity contribution in [1.29, 1.82) is 0 Å². The Morgan fingerprint density at radius 3 is 2.81 bits per heavy atom. The van der Waals surface area contributed by atoms with Gasteiger partial charge in [0.2, 0.25) is 0 Å². The predicted molar refractivity (Wildman–Crippen MR) is 92.8 cm³/mol. The van der Waals surface area contributed by atoms with Crippen LogP contribution in [0.4, 0.5) is 4.39 Å². The number of rotatable bonds is 6. The Morgan fingerprint density at radius 2 is 2.10 bits per heavy atom. The maximum absolute atomic E-state index is 13.8. The Bertz CT molecular complexity index is 609. The van der Waals surface area contributed by atoms with E-state index in [0.29, 0.717) is 6.42 Å². The van der Waals surface area contributed by atoms with Crippen molar-refractivity contribution >= 4 is 39.3 Å². The first-order valence-corrected chi connectivity index (χ1v) is 8.73. The Kier molecular flexibility index (Phi) is 6.55. The fourth-order valence-corrected chi connectivity index (χ4v) is 3.69. The summed E-state index contributed by atoms with van der Waals surface area (Å²) in [5.74, 6) is 0.689. The van der Waals surface area contributed by atoms with E-state index >= 15 is 0 Å². The second kappa shape index (κ2) is 8.18. The summed E-state index contributed by atoms with van der Waals surface area (Å²) >= 11 is 11.1. The summed E-state index contributed by atoms with van der Waals surface area (Å²) in [6.07, 6.45) is 0.648. The van der Waals surface area contributed by atoms with Crippen molar-refractivity contribution in [3.63, 3.8) is 0 Å². The average molecular weight is 389 g/mol. The highest BCUT2D eigenvalue weighted by Gasteiger charge is 2.12. The predicted octanol–water partition coefficient (Wildman–Crippen LogP) is 5.16. The van der Waals surface area contributed by atoms with E-state index in [-0.39, 0.29) is 11.9 Å². The van der Waals surface area contributed by atoms with Crippen molar-refractivity contribution < 1.29 is 4.39 Å². The first-order valence-electron chi connectivity index (χ1n) is 6.58. The number of halogens is 3. The molecule has 0 aliphatic rings. The molecule has 21 heavy (non-hydrogen) atoms. The second-order valence-corrected chi connectivity index (χ2v) is 7.14. The summed E-state index contributed by atoms with van der Waals surface area (Å²) in [6.45, 7) is 0. The molecular weight excluding hydrogens is 373 g/mol. The second-order valence-electron chi connectivity index (χ2n) is 4.69. The molecule has 0 saturated heterocycles. The molecule has 1 N–H and O–H groups in total. The SMILES string of the molecule is CNC(CSc1cccc(Cl)c1)Cc1cc(Br)ccc1F. The molecule has 0 spiro atoms. The maximum atomic E-state index is 13.8. The van der Waals surface area contributed by atoms with Gasteiger partial charge in [0, 0.05) is 26.2 Å². The third-order valence-electron chi connectivity index (χ3n) is 3.13. The minimum Gasteiger partial charge on any atom is -0.316 e. The van der Waals surface area contributed by atoms with Crippen molar-refractivity contribution in [3.05, 3.63) is 63.3 Å². The molecule has 2 aromatic rings. The van der Waals surface area contributed by atoms with Gasteiger partial charge >= 0.3 is 0 Å². The zero-order valence-electron chi connectivity index (χ0n) is 11.6. The highest BCUT2D eigenvalue weighted by atomic mass is 79.9. The van der Waals surface area contributed by atoms with Crippen molar-refractivity contribution in [2.45, 2.75) is 17.4 Å². The fourth-order valence-electron chi connectivity index (χ4n) is 1.96. The smallest absolute Gasteiger partial charge is 0.126 e. The Morgan fingerprint density at radius 1 is 1.29 bits per heavy atom. The van der Waals surface area contributed by atoms with Crippen LogP contribution in [-0.2, 0) is 6.42 Å². The molecule has 0 aromatic heterocycles. The molecule has 1 unspecified atom stereocenters. The van der Waals surface area contributed by atoms with Crippen LogP contribution < -0.4 is 5.32 Å². The first-order chi connectivity index (χ1) is 10.1. The lowest BCUT2D eigenvalue weighted by Gasteiger charge is -2.16. The van der Waals surface area contributed by atoms with Crippen molar-refractivity contribution in [2.24, 2.45) is 0 Å². The molecule has 2 aromatic carbocycles. The summed E-state index contributed by atoms with van der Waals surface area (Å²) in [4.78, 5) is 1.12. The van der Waals surface area contributed by atoms with Gasteiger partial charge in [-0.2, -0.15) is 0 Å². The van der Waals surface area contributed by atoms with Crippen LogP contribution in [0.1, 0.15) is 5.56 Å². The van der Waals surface area contributed by atoms with E-state index in [1.807, 2.05) is 37.4 Å². The monoisotopic (exact) mass is 387 g/mol. The van der Waals surface area contributed by atoms with E-state index in [1.54, 1.807) is 17.8 Å². The highest BCUT2D eigenvalue weighted by molar-refractivity contribution is 9.10. The van der Waals surface area contributed by atoms with Crippen LogP contribution >= 0.6 is 39.3 Å². The summed E-state index contributed by atoms with van der Waals surface area (Å²) in [6, 6.07) is 13.0. The number of hydrogen-bond donors (Lipinski definition) is 1. The molecule has 5 heteroatoms. The van der Waals surface area contributed by atoms with Crippen LogP contribution in [0.5, 0.6) is 0 Å².